The summed E-state index contributed by atoms with van der Waals surface area (Å²) in [6.45, 7) is 2.30. The van der Waals surface area contributed by atoms with E-state index in [0.29, 0.717) is 50.5 Å². The van der Waals surface area contributed by atoms with Crippen molar-refractivity contribution in [1.82, 2.24) is 0 Å². The van der Waals surface area contributed by atoms with Crippen LogP contribution in [0.25, 0.3) is 0 Å². The van der Waals surface area contributed by atoms with Gasteiger partial charge in [0.2, 0.25) is 11.8 Å². The monoisotopic (exact) mass is 356 g/mol. The van der Waals surface area contributed by atoms with E-state index in [0.717, 1.165) is 4.90 Å². The number of aromatic carboxylic acids is 1. The number of carbonyl (C=O) groups is 3. The van der Waals surface area contributed by atoms with Crippen LogP contribution in [0.3, 0.4) is 0 Å². The second kappa shape index (κ2) is 6.57. The first-order chi connectivity index (χ1) is 12.6. The molecule has 2 aliphatic heterocycles. The Morgan fingerprint density at radius 1 is 1.04 bits per heavy atom. The summed E-state index contributed by atoms with van der Waals surface area (Å²) in [5.74, 6) is -2.22. The fourth-order valence-corrected chi connectivity index (χ4v) is 3.97. The second-order valence-electron chi connectivity index (χ2n) is 6.77. The van der Waals surface area contributed by atoms with Crippen LogP contribution in [0.5, 0.6) is 0 Å². The quantitative estimate of drug-likeness (QED) is 0.655. The minimum Gasteiger partial charge on any atom is -0.478 e. The fourth-order valence-electron chi connectivity index (χ4n) is 3.97. The van der Waals surface area contributed by atoms with Crippen molar-refractivity contribution in [2.75, 3.05) is 36.1 Å². The molecule has 2 amide bonds. The second-order valence-corrected chi connectivity index (χ2v) is 6.77. The topological polar surface area (TPSA) is 87.2 Å². The van der Waals surface area contributed by atoms with Crippen LogP contribution < -0.4 is 9.80 Å². The van der Waals surface area contributed by atoms with Gasteiger partial charge in [0.1, 0.15) is 0 Å². The van der Waals surface area contributed by atoms with Gasteiger partial charge in [0.25, 0.3) is 0 Å². The van der Waals surface area contributed by atoms with Crippen LogP contribution in [0.1, 0.15) is 23.2 Å². The van der Waals surface area contributed by atoms with E-state index in [2.05, 4.69) is 0 Å². The number of anilines is 2. The first-order valence-corrected chi connectivity index (χ1v) is 8.81. The number of fused-ring (bicyclic) bond motifs is 1. The van der Waals surface area contributed by atoms with Crippen molar-refractivity contribution < 1.29 is 24.2 Å². The van der Waals surface area contributed by atoms with Crippen LogP contribution in [0.4, 0.5) is 11.4 Å². The van der Waals surface area contributed by atoms with Gasteiger partial charge in [0, 0.05) is 13.1 Å². The van der Waals surface area contributed by atoms with Gasteiger partial charge in [0.15, 0.2) is 0 Å². The highest BCUT2D eigenvalue weighted by atomic mass is 16.5. The number of carboxylic acids is 1. The molecule has 0 saturated carbocycles. The van der Waals surface area contributed by atoms with Gasteiger partial charge in [-0.1, -0.05) is 12.2 Å². The molecule has 0 aromatic heterocycles. The largest absolute Gasteiger partial charge is 0.478 e. The molecule has 2 saturated heterocycles. The molecule has 7 heteroatoms. The van der Waals surface area contributed by atoms with Crippen LogP contribution in [-0.4, -0.2) is 49.2 Å². The molecule has 0 unspecified atom stereocenters. The van der Waals surface area contributed by atoms with Crippen LogP contribution in [0, 0.1) is 11.8 Å². The lowest BCUT2D eigenvalue weighted by molar-refractivity contribution is -0.122. The number of nitrogens with zero attached hydrogens (tertiary/aromatic N) is 2. The molecule has 2 heterocycles. The predicted molar refractivity (Wildman–Crippen MR) is 94.3 cm³/mol. The van der Waals surface area contributed by atoms with Gasteiger partial charge in [0.05, 0.1) is 42.0 Å². The van der Waals surface area contributed by atoms with Gasteiger partial charge in [-0.2, -0.15) is 0 Å². The van der Waals surface area contributed by atoms with Gasteiger partial charge < -0.3 is 14.7 Å². The minimum atomic E-state index is -1.08. The SMILES string of the molecule is O=C(O)c1cc(N2C(=O)[C@H]3CC=CC[C@H]3C2=O)ccc1N1CCOCC1. The molecule has 1 N–H and O–H groups in total. The lowest BCUT2D eigenvalue weighted by Crippen LogP contribution is -2.37. The highest BCUT2D eigenvalue weighted by Gasteiger charge is 2.48. The molecule has 1 aromatic carbocycles. The molecule has 26 heavy (non-hydrogen) atoms. The van der Waals surface area contributed by atoms with Gasteiger partial charge >= 0.3 is 5.97 Å². The number of carbonyl (C=O) groups excluding carboxylic acids is 2. The van der Waals surface area contributed by atoms with Crippen molar-refractivity contribution >= 4 is 29.2 Å². The minimum absolute atomic E-state index is 0.0954. The number of carboxylic acid groups (broad SMARTS) is 1. The highest BCUT2D eigenvalue weighted by molar-refractivity contribution is 6.22. The lowest BCUT2D eigenvalue weighted by atomic mass is 9.85. The summed E-state index contributed by atoms with van der Waals surface area (Å²) in [7, 11) is 0. The number of amides is 2. The Balaban J connectivity index is 1.69. The Morgan fingerprint density at radius 2 is 1.65 bits per heavy atom. The maximum atomic E-state index is 12.7. The Bertz CT molecular complexity index is 771. The van der Waals surface area contributed by atoms with E-state index in [-0.39, 0.29) is 29.2 Å². The van der Waals surface area contributed by atoms with Crippen LogP contribution in [-0.2, 0) is 14.3 Å². The van der Waals surface area contributed by atoms with E-state index in [1.807, 2.05) is 17.1 Å². The van der Waals surface area contributed by atoms with Gasteiger partial charge in [-0.3, -0.25) is 14.5 Å². The molecule has 4 rings (SSSR count). The van der Waals surface area contributed by atoms with Crippen molar-refractivity contribution in [3.63, 3.8) is 0 Å². The maximum Gasteiger partial charge on any atom is 0.337 e. The molecule has 2 fully saturated rings. The van der Waals surface area contributed by atoms with Crippen molar-refractivity contribution in [2.24, 2.45) is 11.8 Å². The number of ether oxygens (including phenoxy) is 1. The fraction of sp³-hybridized carbons (Fsp3) is 0.421. The maximum absolute atomic E-state index is 12.7. The van der Waals surface area contributed by atoms with E-state index in [4.69, 9.17) is 4.74 Å². The third kappa shape index (κ3) is 2.68. The zero-order chi connectivity index (χ0) is 18.3. The summed E-state index contributed by atoms with van der Waals surface area (Å²) in [5.41, 5.74) is 1.02. The predicted octanol–water partition coefficient (Wildman–Crippen LogP) is 1.68. The average Bonchev–Trinajstić information content (AvgIpc) is 2.93. The molecular formula is C19H20N2O5. The molecule has 2 atom stereocenters. The van der Waals surface area contributed by atoms with E-state index < -0.39 is 5.97 Å². The zero-order valence-corrected chi connectivity index (χ0v) is 14.3. The Hall–Kier alpha value is -2.67. The average molecular weight is 356 g/mol. The number of morpholine rings is 1. The van der Waals surface area contributed by atoms with Gasteiger partial charge in [-0.25, -0.2) is 4.79 Å². The summed E-state index contributed by atoms with van der Waals surface area (Å²) >= 11 is 0. The van der Waals surface area contributed by atoms with E-state index in [1.165, 1.54) is 6.07 Å². The van der Waals surface area contributed by atoms with Gasteiger partial charge in [-0.15, -0.1) is 0 Å². The van der Waals surface area contributed by atoms with Gasteiger partial charge in [-0.05, 0) is 31.0 Å². The lowest BCUT2D eigenvalue weighted by Gasteiger charge is -2.30. The van der Waals surface area contributed by atoms with E-state index in [9.17, 15) is 19.5 Å². The Morgan fingerprint density at radius 3 is 2.23 bits per heavy atom. The third-order valence-corrected chi connectivity index (χ3v) is 5.33. The summed E-state index contributed by atoms with van der Waals surface area (Å²) in [6, 6.07) is 4.79. The molecule has 3 aliphatic rings. The molecule has 1 aromatic rings. The molecule has 7 nitrogen and oxygen atoms in total. The Kier molecular flexibility index (Phi) is 4.24. The molecular weight excluding hydrogens is 336 g/mol. The molecule has 0 radical (unpaired) electrons. The highest BCUT2D eigenvalue weighted by Crippen LogP contribution is 2.38. The van der Waals surface area contributed by atoms with E-state index in [1.54, 1.807) is 12.1 Å². The number of hydrogen-bond acceptors (Lipinski definition) is 5. The number of rotatable bonds is 3. The first kappa shape index (κ1) is 16.8. The molecule has 0 spiro atoms. The summed E-state index contributed by atoms with van der Waals surface area (Å²) in [5, 5.41) is 9.65. The number of benzene rings is 1. The first-order valence-electron chi connectivity index (χ1n) is 8.81. The normalized spacial score (nSPS) is 25.5. The smallest absolute Gasteiger partial charge is 0.337 e. The molecule has 1 aliphatic carbocycles. The van der Waals surface area contributed by atoms with E-state index >= 15 is 0 Å². The number of hydrogen-bond donors (Lipinski definition) is 1. The number of imide groups is 1. The number of allylic oxidation sites excluding steroid dienone is 2. The standard InChI is InChI=1S/C19H20N2O5/c22-17-13-3-1-2-4-14(13)18(23)21(17)12-5-6-16(15(11-12)19(24)25)20-7-9-26-10-8-20/h1-2,5-6,11,13-14H,3-4,7-10H2,(H,24,25)/t13-,14+. The molecule has 136 valence electrons. The van der Waals surface area contributed by atoms with Crippen molar-refractivity contribution in [1.29, 1.82) is 0 Å². The van der Waals surface area contributed by atoms with Crippen LogP contribution in [0.15, 0.2) is 30.4 Å². The van der Waals surface area contributed by atoms with Crippen LogP contribution in [0.2, 0.25) is 0 Å². The third-order valence-electron chi connectivity index (χ3n) is 5.33. The summed E-state index contributed by atoms with van der Waals surface area (Å²) < 4.78 is 5.32. The summed E-state index contributed by atoms with van der Waals surface area (Å²) in [6.07, 6.45) is 4.98. The van der Waals surface area contributed by atoms with Crippen molar-refractivity contribution in [3.8, 4) is 0 Å². The summed E-state index contributed by atoms with van der Waals surface area (Å²) in [4.78, 5) is 40.3. The van der Waals surface area contributed by atoms with Crippen molar-refractivity contribution in [3.05, 3.63) is 35.9 Å². The Labute approximate surface area is 150 Å². The zero-order valence-electron chi connectivity index (χ0n) is 14.3. The molecule has 0 bridgehead atoms. The van der Waals surface area contributed by atoms with Crippen LogP contribution >= 0.6 is 0 Å². The van der Waals surface area contributed by atoms with Crippen molar-refractivity contribution in [2.45, 2.75) is 12.8 Å².